The fourth-order valence-corrected chi connectivity index (χ4v) is 1.38. The molecule has 0 aliphatic heterocycles. The van der Waals surface area contributed by atoms with Crippen molar-refractivity contribution in [1.29, 1.82) is 0 Å². The molecule has 0 radical (unpaired) electrons. The Morgan fingerprint density at radius 1 is 1.18 bits per heavy atom. The first-order valence-corrected chi connectivity index (χ1v) is 5.58. The highest BCUT2D eigenvalue weighted by molar-refractivity contribution is 6.33. The van der Waals surface area contributed by atoms with Gasteiger partial charge >= 0.3 is 6.18 Å². The molecule has 0 spiro atoms. The molecule has 1 nitrogen and oxygen atoms in total. The van der Waals surface area contributed by atoms with Gasteiger partial charge in [0.1, 0.15) is 0 Å². The summed E-state index contributed by atoms with van der Waals surface area (Å²) < 4.78 is 37.5. The second-order valence-electron chi connectivity index (χ2n) is 5.11. The highest BCUT2D eigenvalue weighted by atomic mass is 35.5. The van der Waals surface area contributed by atoms with Crippen molar-refractivity contribution in [2.75, 3.05) is 11.9 Å². The molecule has 1 aromatic carbocycles. The van der Waals surface area contributed by atoms with Gasteiger partial charge in [0.05, 0.1) is 16.3 Å². The molecule has 0 aliphatic rings. The Balaban J connectivity index is 2.92. The maximum absolute atomic E-state index is 12.5. The van der Waals surface area contributed by atoms with Gasteiger partial charge in [-0.15, -0.1) is 0 Å². The highest BCUT2D eigenvalue weighted by Gasteiger charge is 2.31. The van der Waals surface area contributed by atoms with Crippen molar-refractivity contribution in [2.45, 2.75) is 26.9 Å². The van der Waals surface area contributed by atoms with Gasteiger partial charge in [-0.3, -0.25) is 0 Å². The van der Waals surface area contributed by atoms with Gasteiger partial charge in [0.25, 0.3) is 0 Å². The average Bonchev–Trinajstić information content (AvgIpc) is 2.13. The van der Waals surface area contributed by atoms with Crippen LogP contribution < -0.4 is 5.32 Å². The molecule has 1 rings (SSSR count). The fourth-order valence-electron chi connectivity index (χ4n) is 1.20. The molecule has 1 N–H and O–H groups in total. The Labute approximate surface area is 104 Å². The first-order chi connectivity index (χ1) is 7.59. The molecule has 0 bridgehead atoms. The molecule has 5 heteroatoms. The first kappa shape index (κ1) is 14.2. The molecule has 0 heterocycles. The molecule has 0 unspecified atom stereocenters. The molecule has 96 valence electrons. The van der Waals surface area contributed by atoms with Crippen molar-refractivity contribution in [3.8, 4) is 0 Å². The van der Waals surface area contributed by atoms with Gasteiger partial charge in [0.15, 0.2) is 0 Å². The minimum atomic E-state index is -4.34. The van der Waals surface area contributed by atoms with Crippen LogP contribution in [0.15, 0.2) is 18.2 Å². The van der Waals surface area contributed by atoms with Crippen LogP contribution in [0.1, 0.15) is 26.3 Å². The van der Waals surface area contributed by atoms with E-state index < -0.39 is 11.7 Å². The van der Waals surface area contributed by atoms with E-state index in [1.807, 2.05) is 20.8 Å². The van der Waals surface area contributed by atoms with E-state index in [4.69, 9.17) is 11.6 Å². The van der Waals surface area contributed by atoms with E-state index in [1.54, 1.807) is 0 Å². The molecule has 0 aromatic heterocycles. The van der Waals surface area contributed by atoms with Gasteiger partial charge in [-0.2, -0.15) is 13.2 Å². The zero-order chi connectivity index (χ0) is 13.3. The first-order valence-electron chi connectivity index (χ1n) is 5.20. The summed E-state index contributed by atoms with van der Waals surface area (Å²) >= 11 is 5.85. The van der Waals surface area contributed by atoms with Crippen LogP contribution in [0, 0.1) is 5.41 Å². The minimum absolute atomic E-state index is 0.0302. The summed E-state index contributed by atoms with van der Waals surface area (Å²) in [4.78, 5) is 0. The predicted molar refractivity (Wildman–Crippen MR) is 64.4 cm³/mol. The summed E-state index contributed by atoms with van der Waals surface area (Å²) in [5.74, 6) is 0. The third-order valence-electron chi connectivity index (χ3n) is 2.10. The number of hydrogen-bond acceptors (Lipinski definition) is 1. The van der Waals surface area contributed by atoms with Crippen LogP contribution in [0.2, 0.25) is 5.02 Å². The summed E-state index contributed by atoms with van der Waals surface area (Å²) in [6.07, 6.45) is -4.34. The van der Waals surface area contributed by atoms with Gasteiger partial charge < -0.3 is 5.32 Å². The summed E-state index contributed by atoms with van der Waals surface area (Å²) in [6.45, 7) is 6.51. The van der Waals surface area contributed by atoms with Crippen LogP contribution in [0.4, 0.5) is 18.9 Å². The van der Waals surface area contributed by atoms with Crippen molar-refractivity contribution in [3.05, 3.63) is 28.8 Å². The van der Waals surface area contributed by atoms with Crippen molar-refractivity contribution in [3.63, 3.8) is 0 Å². The lowest BCUT2D eigenvalue weighted by atomic mass is 9.97. The lowest BCUT2D eigenvalue weighted by molar-refractivity contribution is -0.137. The van der Waals surface area contributed by atoms with Crippen LogP contribution in [-0.2, 0) is 6.18 Å². The van der Waals surface area contributed by atoms with E-state index in [1.165, 1.54) is 6.07 Å². The van der Waals surface area contributed by atoms with Crippen molar-refractivity contribution in [1.82, 2.24) is 0 Å². The van der Waals surface area contributed by atoms with Gasteiger partial charge in [0, 0.05) is 6.54 Å². The maximum Gasteiger partial charge on any atom is 0.416 e. The maximum atomic E-state index is 12.5. The largest absolute Gasteiger partial charge is 0.416 e. The Hall–Kier alpha value is -0.900. The Bertz CT molecular complexity index is 394. The molecule has 0 saturated heterocycles. The molecule has 0 amide bonds. The van der Waals surface area contributed by atoms with Crippen molar-refractivity contribution < 1.29 is 13.2 Å². The number of alkyl halides is 3. The van der Waals surface area contributed by atoms with E-state index in [9.17, 15) is 13.2 Å². The zero-order valence-electron chi connectivity index (χ0n) is 9.95. The third-order valence-corrected chi connectivity index (χ3v) is 2.43. The number of rotatable bonds is 2. The molecule has 17 heavy (non-hydrogen) atoms. The van der Waals surface area contributed by atoms with Gasteiger partial charge in [-0.1, -0.05) is 32.4 Å². The molecule has 0 atom stereocenters. The Morgan fingerprint density at radius 3 is 2.24 bits per heavy atom. The van der Waals surface area contributed by atoms with Gasteiger partial charge in [-0.05, 0) is 23.6 Å². The van der Waals surface area contributed by atoms with E-state index in [0.29, 0.717) is 17.3 Å². The van der Waals surface area contributed by atoms with E-state index in [2.05, 4.69) is 5.32 Å². The van der Waals surface area contributed by atoms with Crippen LogP contribution >= 0.6 is 11.6 Å². The quantitative estimate of drug-likeness (QED) is 0.809. The van der Waals surface area contributed by atoms with Crippen LogP contribution in [0.5, 0.6) is 0 Å². The SMILES string of the molecule is CC(C)(C)CNc1cc(C(F)(F)F)ccc1Cl. The lowest BCUT2D eigenvalue weighted by Gasteiger charge is -2.20. The minimum Gasteiger partial charge on any atom is -0.383 e. The summed E-state index contributed by atoms with van der Waals surface area (Å²) in [5, 5.41) is 3.23. The average molecular weight is 266 g/mol. The predicted octanol–water partition coefficient (Wildman–Crippen LogP) is 4.82. The number of nitrogens with one attached hydrogen (secondary N) is 1. The smallest absolute Gasteiger partial charge is 0.383 e. The van der Waals surface area contributed by atoms with Crippen LogP contribution in [0.3, 0.4) is 0 Å². The topological polar surface area (TPSA) is 12.0 Å². The summed E-state index contributed by atoms with van der Waals surface area (Å²) in [7, 11) is 0. The number of anilines is 1. The molecule has 0 fully saturated rings. The molecule has 0 saturated carbocycles. The zero-order valence-corrected chi connectivity index (χ0v) is 10.7. The number of halogens is 4. The summed E-state index contributed by atoms with van der Waals surface area (Å²) in [5.41, 5.74) is -0.410. The van der Waals surface area contributed by atoms with Crippen molar-refractivity contribution >= 4 is 17.3 Å². The van der Waals surface area contributed by atoms with Crippen molar-refractivity contribution in [2.24, 2.45) is 5.41 Å². The van der Waals surface area contributed by atoms with Crippen LogP contribution in [0.25, 0.3) is 0 Å². The third kappa shape index (κ3) is 4.46. The van der Waals surface area contributed by atoms with E-state index in [0.717, 1.165) is 12.1 Å². The fraction of sp³-hybridized carbons (Fsp3) is 0.500. The van der Waals surface area contributed by atoms with Crippen LogP contribution in [-0.4, -0.2) is 6.54 Å². The standard InChI is InChI=1S/C12H15ClF3N/c1-11(2,3)7-17-10-6-8(12(14,15)16)4-5-9(10)13/h4-6,17H,7H2,1-3H3. The molecular formula is C12H15ClF3N. The monoisotopic (exact) mass is 265 g/mol. The van der Waals surface area contributed by atoms with Gasteiger partial charge in [0.2, 0.25) is 0 Å². The molecule has 0 aliphatic carbocycles. The Morgan fingerprint density at radius 2 is 1.76 bits per heavy atom. The Kier molecular flexibility index (Phi) is 3.97. The van der Waals surface area contributed by atoms with E-state index in [-0.39, 0.29) is 5.41 Å². The summed E-state index contributed by atoms with van der Waals surface area (Å²) in [6, 6.07) is 3.27. The highest BCUT2D eigenvalue weighted by Crippen LogP contribution is 2.34. The number of hydrogen-bond donors (Lipinski definition) is 1. The second kappa shape index (κ2) is 4.77. The van der Waals surface area contributed by atoms with Gasteiger partial charge in [-0.25, -0.2) is 0 Å². The second-order valence-corrected chi connectivity index (χ2v) is 5.51. The molecule has 1 aromatic rings. The lowest BCUT2D eigenvalue weighted by Crippen LogP contribution is -2.19. The number of benzene rings is 1. The normalized spacial score (nSPS) is 12.6. The van der Waals surface area contributed by atoms with E-state index >= 15 is 0 Å². The molecular weight excluding hydrogens is 251 g/mol.